The SMILES string of the molecule is Cc1cccc(C)c1NC(=O)[C@@H](NC(=O)c1ccccc1Br)c1ccco1. The van der Waals surface area contributed by atoms with Gasteiger partial charge in [0.2, 0.25) is 0 Å². The van der Waals surface area contributed by atoms with Crippen LogP contribution < -0.4 is 10.6 Å². The number of anilines is 1. The zero-order chi connectivity index (χ0) is 19.4. The highest BCUT2D eigenvalue weighted by Crippen LogP contribution is 2.23. The molecule has 1 heterocycles. The van der Waals surface area contributed by atoms with Crippen LogP contribution in [0.1, 0.15) is 33.3 Å². The zero-order valence-electron chi connectivity index (χ0n) is 15.0. The van der Waals surface area contributed by atoms with Crippen molar-refractivity contribution in [2.45, 2.75) is 19.9 Å². The Morgan fingerprint density at radius 2 is 1.67 bits per heavy atom. The number of aryl methyl sites for hydroxylation is 2. The molecule has 27 heavy (non-hydrogen) atoms. The Morgan fingerprint density at radius 1 is 0.963 bits per heavy atom. The molecule has 1 atom stereocenters. The number of rotatable bonds is 5. The summed E-state index contributed by atoms with van der Waals surface area (Å²) in [5.41, 5.74) is 3.06. The van der Waals surface area contributed by atoms with Crippen molar-refractivity contribution in [2.24, 2.45) is 0 Å². The summed E-state index contributed by atoms with van der Waals surface area (Å²) in [6, 6.07) is 15.2. The number of nitrogens with one attached hydrogen (secondary N) is 2. The fourth-order valence-electron chi connectivity index (χ4n) is 2.78. The number of benzene rings is 2. The van der Waals surface area contributed by atoms with Crippen molar-refractivity contribution in [3.63, 3.8) is 0 Å². The molecule has 2 aromatic carbocycles. The van der Waals surface area contributed by atoms with E-state index in [9.17, 15) is 9.59 Å². The molecule has 3 rings (SSSR count). The molecule has 0 spiro atoms. The molecule has 1 aromatic heterocycles. The summed E-state index contributed by atoms with van der Waals surface area (Å²) in [6.45, 7) is 3.84. The first-order valence-electron chi connectivity index (χ1n) is 8.43. The van der Waals surface area contributed by atoms with E-state index >= 15 is 0 Å². The van der Waals surface area contributed by atoms with Crippen LogP contribution in [0.2, 0.25) is 0 Å². The van der Waals surface area contributed by atoms with E-state index in [1.54, 1.807) is 30.3 Å². The number of hydrogen-bond donors (Lipinski definition) is 2. The first-order chi connectivity index (χ1) is 13.0. The molecule has 2 N–H and O–H groups in total. The summed E-state index contributed by atoms with van der Waals surface area (Å²) in [6.07, 6.45) is 1.47. The molecule has 0 aliphatic heterocycles. The zero-order valence-corrected chi connectivity index (χ0v) is 16.5. The molecule has 0 fully saturated rings. The van der Waals surface area contributed by atoms with Gasteiger partial charge in [-0.3, -0.25) is 9.59 Å². The van der Waals surface area contributed by atoms with E-state index < -0.39 is 6.04 Å². The van der Waals surface area contributed by atoms with Gasteiger partial charge in [-0.25, -0.2) is 0 Å². The minimum Gasteiger partial charge on any atom is -0.467 e. The monoisotopic (exact) mass is 426 g/mol. The number of furan rings is 1. The van der Waals surface area contributed by atoms with Crippen molar-refractivity contribution >= 4 is 33.4 Å². The van der Waals surface area contributed by atoms with Gasteiger partial charge in [0.05, 0.1) is 11.8 Å². The van der Waals surface area contributed by atoms with Gasteiger partial charge in [0.1, 0.15) is 5.76 Å². The van der Waals surface area contributed by atoms with Crippen molar-refractivity contribution < 1.29 is 14.0 Å². The number of carbonyl (C=O) groups excluding carboxylic acids is 2. The van der Waals surface area contributed by atoms with Crippen molar-refractivity contribution in [3.8, 4) is 0 Å². The van der Waals surface area contributed by atoms with Crippen molar-refractivity contribution in [2.75, 3.05) is 5.32 Å². The minimum absolute atomic E-state index is 0.360. The van der Waals surface area contributed by atoms with Gasteiger partial charge in [-0.05, 0) is 65.2 Å². The quantitative estimate of drug-likeness (QED) is 0.616. The van der Waals surface area contributed by atoms with E-state index in [4.69, 9.17) is 4.42 Å². The number of amides is 2. The van der Waals surface area contributed by atoms with Gasteiger partial charge in [0, 0.05) is 10.2 Å². The standard InChI is InChI=1S/C21H19BrN2O3/c1-13-7-5-8-14(2)18(13)23-21(26)19(17-11-6-12-27-17)24-20(25)15-9-3-4-10-16(15)22/h3-12,19H,1-2H3,(H,23,26)(H,24,25)/t19-/m0/s1. The third-order valence-corrected chi connectivity index (χ3v) is 4.90. The smallest absolute Gasteiger partial charge is 0.254 e. The minimum atomic E-state index is -0.960. The van der Waals surface area contributed by atoms with Gasteiger partial charge in [0.25, 0.3) is 11.8 Å². The molecule has 138 valence electrons. The van der Waals surface area contributed by atoms with E-state index in [-0.39, 0.29) is 11.8 Å². The first kappa shape index (κ1) is 18.9. The van der Waals surface area contributed by atoms with Gasteiger partial charge in [-0.15, -0.1) is 0 Å². The largest absolute Gasteiger partial charge is 0.467 e. The van der Waals surface area contributed by atoms with Crippen LogP contribution in [0.25, 0.3) is 0 Å². The molecule has 0 saturated carbocycles. The fourth-order valence-corrected chi connectivity index (χ4v) is 3.25. The molecule has 2 amide bonds. The Hall–Kier alpha value is -2.86. The lowest BCUT2D eigenvalue weighted by Gasteiger charge is -2.19. The number of hydrogen-bond acceptors (Lipinski definition) is 3. The Balaban J connectivity index is 1.87. The second kappa shape index (κ2) is 8.22. The normalized spacial score (nSPS) is 11.7. The summed E-state index contributed by atoms with van der Waals surface area (Å²) in [7, 11) is 0. The number of halogens is 1. The molecule has 0 radical (unpaired) electrons. The van der Waals surface area contributed by atoms with Crippen LogP contribution in [0.5, 0.6) is 0 Å². The third-order valence-electron chi connectivity index (χ3n) is 4.21. The highest BCUT2D eigenvalue weighted by atomic mass is 79.9. The summed E-state index contributed by atoms with van der Waals surface area (Å²) >= 11 is 3.36. The third kappa shape index (κ3) is 4.28. The lowest BCUT2D eigenvalue weighted by molar-refractivity contribution is -0.118. The van der Waals surface area contributed by atoms with Crippen LogP contribution in [0.15, 0.2) is 69.8 Å². The second-order valence-corrected chi connectivity index (χ2v) is 7.01. The summed E-state index contributed by atoms with van der Waals surface area (Å²) in [5, 5.41) is 5.67. The Kier molecular flexibility index (Phi) is 5.76. The van der Waals surface area contributed by atoms with Crippen LogP contribution in [-0.2, 0) is 4.79 Å². The first-order valence-corrected chi connectivity index (χ1v) is 9.22. The molecule has 0 aliphatic carbocycles. The van der Waals surface area contributed by atoms with Gasteiger partial charge in [-0.2, -0.15) is 0 Å². The molecule has 0 aliphatic rings. The number of para-hydroxylation sites is 1. The average molecular weight is 427 g/mol. The second-order valence-electron chi connectivity index (χ2n) is 6.16. The summed E-state index contributed by atoms with van der Waals surface area (Å²) in [4.78, 5) is 25.7. The van der Waals surface area contributed by atoms with Crippen molar-refractivity contribution in [3.05, 3.63) is 87.8 Å². The number of carbonyl (C=O) groups is 2. The molecular weight excluding hydrogens is 408 g/mol. The van der Waals surface area contributed by atoms with Crippen molar-refractivity contribution in [1.29, 1.82) is 0 Å². The lowest BCUT2D eigenvalue weighted by Crippen LogP contribution is -2.37. The summed E-state index contributed by atoms with van der Waals surface area (Å²) < 4.78 is 6.04. The lowest BCUT2D eigenvalue weighted by atomic mass is 10.1. The Bertz CT molecular complexity index is 947. The fraction of sp³-hybridized carbons (Fsp3) is 0.143. The van der Waals surface area contributed by atoms with Crippen LogP contribution in [0.3, 0.4) is 0 Å². The summed E-state index contributed by atoms with van der Waals surface area (Å²) in [5.74, 6) is -0.387. The molecule has 3 aromatic rings. The molecular formula is C21H19BrN2O3. The highest BCUT2D eigenvalue weighted by molar-refractivity contribution is 9.10. The van der Waals surface area contributed by atoms with Crippen LogP contribution in [0.4, 0.5) is 5.69 Å². The Labute approximate surface area is 165 Å². The van der Waals surface area contributed by atoms with Gasteiger partial charge in [-0.1, -0.05) is 30.3 Å². The van der Waals surface area contributed by atoms with Gasteiger partial charge >= 0.3 is 0 Å². The molecule has 5 nitrogen and oxygen atoms in total. The van der Waals surface area contributed by atoms with E-state index in [0.29, 0.717) is 15.8 Å². The molecule has 0 bridgehead atoms. The maximum atomic E-state index is 13.0. The van der Waals surface area contributed by atoms with E-state index in [0.717, 1.165) is 16.8 Å². The van der Waals surface area contributed by atoms with Crippen LogP contribution >= 0.6 is 15.9 Å². The highest BCUT2D eigenvalue weighted by Gasteiger charge is 2.27. The van der Waals surface area contributed by atoms with E-state index in [2.05, 4.69) is 26.6 Å². The molecule has 0 unspecified atom stereocenters. The molecule has 0 saturated heterocycles. The maximum absolute atomic E-state index is 13.0. The van der Waals surface area contributed by atoms with Gasteiger partial charge in [0.15, 0.2) is 6.04 Å². The van der Waals surface area contributed by atoms with Crippen molar-refractivity contribution in [1.82, 2.24) is 5.32 Å². The van der Waals surface area contributed by atoms with E-state index in [1.807, 2.05) is 38.1 Å². The Morgan fingerprint density at radius 3 is 2.30 bits per heavy atom. The van der Waals surface area contributed by atoms with Gasteiger partial charge < -0.3 is 15.1 Å². The predicted octanol–water partition coefficient (Wildman–Crippen LogP) is 4.77. The van der Waals surface area contributed by atoms with E-state index in [1.165, 1.54) is 6.26 Å². The van der Waals surface area contributed by atoms with Crippen LogP contribution in [-0.4, -0.2) is 11.8 Å². The maximum Gasteiger partial charge on any atom is 0.254 e. The molecule has 6 heteroatoms. The van der Waals surface area contributed by atoms with Crippen LogP contribution in [0, 0.1) is 13.8 Å². The topological polar surface area (TPSA) is 71.3 Å². The predicted molar refractivity (Wildman–Crippen MR) is 108 cm³/mol. The average Bonchev–Trinajstić information content (AvgIpc) is 3.17.